The summed E-state index contributed by atoms with van der Waals surface area (Å²) < 4.78 is 5.64. The number of nitrogens with one attached hydrogen (secondary N) is 1. The number of methoxy groups -OCH3 is 1. The van der Waals surface area contributed by atoms with E-state index in [9.17, 15) is 0 Å². The maximum absolute atomic E-state index is 5.64. The molecule has 2 unspecified atom stereocenters. The fourth-order valence-electron chi connectivity index (χ4n) is 2.83. The van der Waals surface area contributed by atoms with Gasteiger partial charge in [0.15, 0.2) is 0 Å². The third-order valence-electron chi connectivity index (χ3n) is 4.62. The van der Waals surface area contributed by atoms with E-state index in [1.165, 1.54) is 38.6 Å². The summed E-state index contributed by atoms with van der Waals surface area (Å²) in [6.45, 7) is 4.59. The standard InChI is InChI=1S/C13H26N2O/c1-11-9-12(5-8-15(11)2)14-10-13(16-3)6-4-7-13/h11-12,14H,4-10H2,1-3H3. The van der Waals surface area contributed by atoms with Crippen molar-refractivity contribution in [1.82, 2.24) is 10.2 Å². The molecule has 3 nitrogen and oxygen atoms in total. The van der Waals surface area contributed by atoms with Crippen LogP contribution in [0.15, 0.2) is 0 Å². The van der Waals surface area contributed by atoms with Crippen LogP contribution in [0.1, 0.15) is 39.0 Å². The Morgan fingerprint density at radius 3 is 2.69 bits per heavy atom. The Balaban J connectivity index is 1.74. The number of likely N-dealkylation sites (tertiary alicyclic amines) is 1. The van der Waals surface area contributed by atoms with Crippen molar-refractivity contribution in [1.29, 1.82) is 0 Å². The smallest absolute Gasteiger partial charge is 0.0802 e. The summed E-state index contributed by atoms with van der Waals surface area (Å²) in [5.74, 6) is 0. The lowest BCUT2D eigenvalue weighted by Gasteiger charge is -2.43. The molecule has 1 aliphatic carbocycles. The summed E-state index contributed by atoms with van der Waals surface area (Å²) >= 11 is 0. The van der Waals surface area contributed by atoms with E-state index in [0.29, 0.717) is 12.1 Å². The predicted octanol–water partition coefficient (Wildman–Crippen LogP) is 1.63. The SMILES string of the molecule is COC1(CNC2CCN(C)C(C)C2)CCC1. The number of piperidine rings is 1. The molecule has 0 spiro atoms. The van der Waals surface area contributed by atoms with Crippen molar-refractivity contribution in [3.05, 3.63) is 0 Å². The number of hydrogen-bond acceptors (Lipinski definition) is 3. The zero-order valence-corrected chi connectivity index (χ0v) is 11.0. The van der Waals surface area contributed by atoms with Crippen LogP contribution < -0.4 is 5.32 Å². The zero-order valence-electron chi connectivity index (χ0n) is 11.0. The first-order chi connectivity index (χ1) is 7.65. The van der Waals surface area contributed by atoms with Gasteiger partial charge in [-0.05, 0) is 52.6 Å². The number of hydrogen-bond donors (Lipinski definition) is 1. The van der Waals surface area contributed by atoms with E-state index in [4.69, 9.17) is 4.74 Å². The van der Waals surface area contributed by atoms with Crippen LogP contribution >= 0.6 is 0 Å². The Morgan fingerprint density at radius 1 is 1.44 bits per heavy atom. The molecule has 2 fully saturated rings. The maximum atomic E-state index is 5.64. The van der Waals surface area contributed by atoms with Crippen molar-refractivity contribution in [2.45, 2.75) is 56.7 Å². The Morgan fingerprint density at radius 2 is 2.19 bits per heavy atom. The molecule has 1 N–H and O–H groups in total. The molecule has 1 aliphatic heterocycles. The van der Waals surface area contributed by atoms with Crippen LogP contribution in [0, 0.1) is 0 Å². The summed E-state index contributed by atoms with van der Waals surface area (Å²) in [6.07, 6.45) is 6.35. The van der Waals surface area contributed by atoms with Gasteiger partial charge in [0.25, 0.3) is 0 Å². The van der Waals surface area contributed by atoms with Gasteiger partial charge in [0.1, 0.15) is 0 Å². The first-order valence-electron chi connectivity index (χ1n) is 6.64. The molecular formula is C13H26N2O. The van der Waals surface area contributed by atoms with Crippen molar-refractivity contribution >= 4 is 0 Å². The monoisotopic (exact) mass is 226 g/mol. The minimum Gasteiger partial charge on any atom is -0.377 e. The molecular weight excluding hydrogens is 200 g/mol. The fourth-order valence-corrected chi connectivity index (χ4v) is 2.83. The highest BCUT2D eigenvalue weighted by Gasteiger charge is 2.37. The summed E-state index contributed by atoms with van der Waals surface area (Å²) in [6, 6.07) is 1.41. The zero-order chi connectivity index (χ0) is 11.6. The highest BCUT2D eigenvalue weighted by atomic mass is 16.5. The van der Waals surface area contributed by atoms with Gasteiger partial charge in [0.2, 0.25) is 0 Å². The van der Waals surface area contributed by atoms with Gasteiger partial charge in [-0.15, -0.1) is 0 Å². The highest BCUT2D eigenvalue weighted by Crippen LogP contribution is 2.34. The molecule has 0 aromatic rings. The third-order valence-corrected chi connectivity index (χ3v) is 4.62. The molecule has 1 saturated carbocycles. The van der Waals surface area contributed by atoms with E-state index in [1.54, 1.807) is 0 Å². The third kappa shape index (κ3) is 2.58. The highest BCUT2D eigenvalue weighted by molar-refractivity contribution is 4.93. The average Bonchev–Trinajstić information content (AvgIpc) is 2.22. The molecule has 2 aliphatic rings. The second-order valence-electron chi connectivity index (χ2n) is 5.67. The van der Waals surface area contributed by atoms with E-state index < -0.39 is 0 Å². The van der Waals surface area contributed by atoms with Crippen molar-refractivity contribution in [3.8, 4) is 0 Å². The minimum absolute atomic E-state index is 0.173. The van der Waals surface area contributed by atoms with Gasteiger partial charge < -0.3 is 15.0 Å². The normalized spacial score (nSPS) is 34.7. The van der Waals surface area contributed by atoms with E-state index in [-0.39, 0.29) is 5.60 Å². The van der Waals surface area contributed by atoms with Gasteiger partial charge in [-0.1, -0.05) is 0 Å². The molecule has 3 heteroatoms. The van der Waals surface area contributed by atoms with E-state index in [1.807, 2.05) is 7.11 Å². The minimum atomic E-state index is 0.173. The second kappa shape index (κ2) is 5.03. The van der Waals surface area contributed by atoms with Crippen LogP contribution in [0.3, 0.4) is 0 Å². The number of nitrogens with zero attached hydrogens (tertiary/aromatic N) is 1. The quantitative estimate of drug-likeness (QED) is 0.788. The topological polar surface area (TPSA) is 24.5 Å². The molecule has 0 amide bonds. The summed E-state index contributed by atoms with van der Waals surface area (Å²) in [4.78, 5) is 2.45. The van der Waals surface area contributed by atoms with Crippen LogP contribution in [0.25, 0.3) is 0 Å². The Kier molecular flexibility index (Phi) is 3.88. The predicted molar refractivity (Wildman–Crippen MR) is 66.7 cm³/mol. The van der Waals surface area contributed by atoms with Crippen LogP contribution in [-0.2, 0) is 4.74 Å². The molecule has 1 saturated heterocycles. The summed E-state index contributed by atoms with van der Waals surface area (Å²) in [7, 11) is 4.08. The van der Waals surface area contributed by atoms with Gasteiger partial charge in [-0.3, -0.25) is 0 Å². The first-order valence-corrected chi connectivity index (χ1v) is 6.64. The van der Waals surface area contributed by atoms with E-state index >= 15 is 0 Å². The molecule has 0 bridgehead atoms. The summed E-state index contributed by atoms with van der Waals surface area (Å²) in [5, 5.41) is 3.71. The lowest BCUT2D eigenvalue weighted by molar-refractivity contribution is -0.0720. The van der Waals surface area contributed by atoms with Gasteiger partial charge in [-0.25, -0.2) is 0 Å². The average molecular weight is 226 g/mol. The molecule has 0 aromatic heterocycles. The number of rotatable bonds is 4. The Labute approximate surface area is 99.5 Å². The lowest BCUT2D eigenvalue weighted by Crippen LogP contribution is -2.53. The van der Waals surface area contributed by atoms with Gasteiger partial charge in [-0.2, -0.15) is 0 Å². The largest absolute Gasteiger partial charge is 0.377 e. The van der Waals surface area contributed by atoms with Crippen molar-refractivity contribution in [2.24, 2.45) is 0 Å². The second-order valence-corrected chi connectivity index (χ2v) is 5.67. The lowest BCUT2D eigenvalue weighted by atomic mass is 9.79. The Bertz CT molecular complexity index is 222. The molecule has 94 valence electrons. The van der Waals surface area contributed by atoms with Crippen LogP contribution in [0.4, 0.5) is 0 Å². The number of ether oxygens (including phenoxy) is 1. The van der Waals surface area contributed by atoms with Gasteiger partial charge in [0, 0.05) is 25.7 Å². The molecule has 1 heterocycles. The van der Waals surface area contributed by atoms with Crippen LogP contribution in [0.2, 0.25) is 0 Å². The molecule has 2 rings (SSSR count). The molecule has 16 heavy (non-hydrogen) atoms. The van der Waals surface area contributed by atoms with Crippen molar-refractivity contribution < 1.29 is 4.74 Å². The van der Waals surface area contributed by atoms with Crippen LogP contribution in [-0.4, -0.2) is 49.8 Å². The van der Waals surface area contributed by atoms with E-state index in [0.717, 1.165) is 6.54 Å². The maximum Gasteiger partial charge on any atom is 0.0802 e. The molecule has 2 atom stereocenters. The Hall–Kier alpha value is -0.120. The van der Waals surface area contributed by atoms with E-state index in [2.05, 4.69) is 24.2 Å². The van der Waals surface area contributed by atoms with Crippen molar-refractivity contribution in [3.63, 3.8) is 0 Å². The first kappa shape index (κ1) is 12.3. The van der Waals surface area contributed by atoms with Gasteiger partial charge in [0.05, 0.1) is 5.60 Å². The van der Waals surface area contributed by atoms with Crippen molar-refractivity contribution in [2.75, 3.05) is 27.2 Å². The molecule has 0 aromatic carbocycles. The molecule has 0 radical (unpaired) electrons. The summed E-state index contributed by atoms with van der Waals surface area (Å²) in [5.41, 5.74) is 0.173. The van der Waals surface area contributed by atoms with Crippen LogP contribution in [0.5, 0.6) is 0 Å². The fraction of sp³-hybridized carbons (Fsp3) is 1.00. The van der Waals surface area contributed by atoms with Gasteiger partial charge >= 0.3 is 0 Å².